The number of nitrogens with zero attached hydrogens (tertiary/aromatic N) is 1. The molecule has 0 N–H and O–H groups in total. The minimum atomic E-state index is 0.827. The Kier molecular flexibility index (Phi) is 4.47. The summed E-state index contributed by atoms with van der Waals surface area (Å²) in [5.74, 6) is 0. The third-order valence-corrected chi connectivity index (χ3v) is 4.42. The van der Waals surface area contributed by atoms with Gasteiger partial charge in [0.2, 0.25) is 0 Å². The van der Waals surface area contributed by atoms with Crippen molar-refractivity contribution in [1.82, 2.24) is 4.90 Å². The van der Waals surface area contributed by atoms with Crippen LogP contribution in [0.15, 0.2) is 29.2 Å². The van der Waals surface area contributed by atoms with E-state index in [1.807, 2.05) is 0 Å². The Morgan fingerprint density at radius 2 is 1.88 bits per heavy atom. The number of hydrogen-bond acceptors (Lipinski definition) is 3. The summed E-state index contributed by atoms with van der Waals surface area (Å²) in [7, 11) is 0. The zero-order valence-corrected chi connectivity index (χ0v) is 11.8. The van der Waals surface area contributed by atoms with Gasteiger partial charge in [-0.15, -0.1) is 0 Å². The molecule has 0 bridgehead atoms. The first-order valence-corrected chi connectivity index (χ1v) is 7.40. The van der Waals surface area contributed by atoms with Gasteiger partial charge in [-0.05, 0) is 0 Å². The van der Waals surface area contributed by atoms with E-state index in [1.54, 1.807) is 11.8 Å². The Labute approximate surface area is 109 Å². The summed E-state index contributed by atoms with van der Waals surface area (Å²) in [6.45, 7) is 3.61. The molecule has 16 heavy (non-hydrogen) atoms. The molecule has 2 nitrogen and oxygen atoms in total. The molecular weight excluding hydrogens is 285 g/mol. The van der Waals surface area contributed by atoms with Crippen LogP contribution in [0.25, 0.3) is 0 Å². The number of thioether (sulfide) groups is 1. The molecule has 0 aromatic heterocycles. The summed E-state index contributed by atoms with van der Waals surface area (Å²) in [5.41, 5.74) is 1.26. The molecule has 2 rings (SSSR count). The summed E-state index contributed by atoms with van der Waals surface area (Å²) in [4.78, 5) is 3.65. The molecule has 0 radical (unpaired) electrons. The van der Waals surface area contributed by atoms with E-state index in [-0.39, 0.29) is 0 Å². The van der Waals surface area contributed by atoms with Crippen molar-refractivity contribution in [3.8, 4) is 0 Å². The molecule has 1 aliphatic heterocycles. The molecule has 0 amide bonds. The topological polar surface area (TPSA) is 12.5 Å². The molecule has 86 valence electrons. The Bertz CT molecular complexity index is 360. The van der Waals surface area contributed by atoms with E-state index in [9.17, 15) is 0 Å². The van der Waals surface area contributed by atoms with Crippen LogP contribution in [-0.4, -0.2) is 57.6 Å². The third-order valence-electron chi connectivity index (χ3n) is 2.64. The predicted octanol–water partition coefficient (Wildman–Crippen LogP) is 1.39. The quantitative estimate of drug-likeness (QED) is 0.618. The van der Waals surface area contributed by atoms with Crippen molar-refractivity contribution < 1.29 is 4.74 Å². The molecule has 1 aliphatic rings. The zero-order chi connectivity index (χ0) is 11.4. The maximum absolute atomic E-state index is 5.35. The molecule has 0 unspecified atom stereocenters. The fourth-order valence-electron chi connectivity index (χ4n) is 1.68. The monoisotopic (exact) mass is 301 g/mol. The van der Waals surface area contributed by atoms with Crippen molar-refractivity contribution in [3.05, 3.63) is 29.8 Å². The van der Waals surface area contributed by atoms with Crippen LogP contribution in [-0.2, 0) is 4.74 Å². The van der Waals surface area contributed by atoms with Crippen molar-refractivity contribution >= 4 is 31.9 Å². The standard InChI is InChI=1S/C12H15NOSSe/c1-15-11-4-2-10(3-5-11)12(16)13-6-8-14-9-7-13/h2-5H,6-9H2,1H3. The van der Waals surface area contributed by atoms with E-state index in [4.69, 9.17) is 4.74 Å². The minimum absolute atomic E-state index is 0.827. The van der Waals surface area contributed by atoms with Crippen molar-refractivity contribution in [2.75, 3.05) is 32.6 Å². The van der Waals surface area contributed by atoms with Crippen LogP contribution in [0.3, 0.4) is 0 Å². The Hall–Kier alpha value is -0.281. The van der Waals surface area contributed by atoms with E-state index in [0.29, 0.717) is 0 Å². The van der Waals surface area contributed by atoms with Gasteiger partial charge in [0.15, 0.2) is 0 Å². The summed E-state index contributed by atoms with van der Waals surface area (Å²) >= 11 is 4.95. The van der Waals surface area contributed by atoms with Crippen molar-refractivity contribution in [2.45, 2.75) is 4.90 Å². The van der Waals surface area contributed by atoms with Crippen molar-refractivity contribution in [3.63, 3.8) is 0 Å². The Balaban J connectivity index is 2.07. The van der Waals surface area contributed by atoms with Gasteiger partial charge in [0.1, 0.15) is 0 Å². The average Bonchev–Trinajstić information content (AvgIpc) is 2.39. The average molecular weight is 300 g/mol. The van der Waals surface area contributed by atoms with Gasteiger partial charge in [-0.3, -0.25) is 0 Å². The normalized spacial score (nSPS) is 16.2. The first-order chi connectivity index (χ1) is 7.81. The van der Waals surface area contributed by atoms with E-state index < -0.39 is 0 Å². The molecular formula is C12H15NOSSe. The molecule has 1 saturated heterocycles. The van der Waals surface area contributed by atoms with Gasteiger partial charge in [0.05, 0.1) is 0 Å². The van der Waals surface area contributed by atoms with Crippen molar-refractivity contribution in [2.24, 2.45) is 0 Å². The van der Waals surface area contributed by atoms with Crippen LogP contribution in [0.1, 0.15) is 5.56 Å². The molecule has 0 aliphatic carbocycles. The summed E-state index contributed by atoms with van der Waals surface area (Å²) < 4.78 is 6.58. The fraction of sp³-hybridized carbons (Fsp3) is 0.417. The predicted molar refractivity (Wildman–Crippen MR) is 70.5 cm³/mol. The van der Waals surface area contributed by atoms with Crippen molar-refractivity contribution in [1.29, 1.82) is 0 Å². The number of benzene rings is 1. The Morgan fingerprint density at radius 3 is 2.44 bits per heavy atom. The van der Waals surface area contributed by atoms with E-state index in [1.165, 1.54) is 15.0 Å². The molecule has 1 aromatic rings. The second kappa shape index (κ2) is 5.87. The second-order valence-corrected chi connectivity index (χ2v) is 5.32. The Morgan fingerprint density at radius 1 is 1.25 bits per heavy atom. The molecule has 1 heterocycles. The fourth-order valence-corrected chi connectivity index (χ4v) is 2.76. The molecule has 0 spiro atoms. The zero-order valence-electron chi connectivity index (χ0n) is 9.31. The first-order valence-electron chi connectivity index (χ1n) is 5.32. The van der Waals surface area contributed by atoms with Gasteiger partial charge in [0.25, 0.3) is 0 Å². The van der Waals surface area contributed by atoms with Crippen LogP contribution in [0.2, 0.25) is 0 Å². The summed E-state index contributed by atoms with van der Waals surface area (Å²) in [6, 6.07) is 8.68. The van der Waals surface area contributed by atoms with Gasteiger partial charge < -0.3 is 0 Å². The number of ether oxygens (including phenoxy) is 1. The molecule has 0 atom stereocenters. The molecule has 0 saturated carbocycles. The summed E-state index contributed by atoms with van der Waals surface area (Å²) in [6.07, 6.45) is 2.10. The van der Waals surface area contributed by atoms with Gasteiger partial charge in [0, 0.05) is 0 Å². The number of rotatable bonds is 3. The van der Waals surface area contributed by atoms with E-state index in [2.05, 4.69) is 51.0 Å². The van der Waals surface area contributed by atoms with Gasteiger partial charge in [-0.25, -0.2) is 0 Å². The van der Waals surface area contributed by atoms with Gasteiger partial charge in [-0.1, -0.05) is 0 Å². The van der Waals surface area contributed by atoms with Crippen LogP contribution < -0.4 is 0 Å². The summed E-state index contributed by atoms with van der Waals surface area (Å²) in [5, 5.41) is 0. The first kappa shape index (κ1) is 12.2. The van der Waals surface area contributed by atoms with Crippen LogP contribution in [0, 0.1) is 0 Å². The molecule has 4 heteroatoms. The SMILES string of the molecule is CSc1ccc(C(=[Se])N2CCOCC2)cc1. The third kappa shape index (κ3) is 2.89. The van der Waals surface area contributed by atoms with Crippen LogP contribution >= 0.6 is 11.8 Å². The van der Waals surface area contributed by atoms with Crippen LogP contribution in [0.5, 0.6) is 0 Å². The molecule has 1 aromatic carbocycles. The number of hydrogen-bond donors (Lipinski definition) is 0. The van der Waals surface area contributed by atoms with E-state index >= 15 is 0 Å². The van der Waals surface area contributed by atoms with Gasteiger partial charge in [-0.2, -0.15) is 0 Å². The maximum atomic E-state index is 5.35. The van der Waals surface area contributed by atoms with Crippen LogP contribution in [0.4, 0.5) is 0 Å². The van der Waals surface area contributed by atoms with Gasteiger partial charge >= 0.3 is 109 Å². The van der Waals surface area contributed by atoms with E-state index in [0.717, 1.165) is 26.3 Å². The molecule has 1 fully saturated rings. The second-order valence-electron chi connectivity index (χ2n) is 3.63. The number of morpholine rings is 1.